The van der Waals surface area contributed by atoms with Crippen molar-refractivity contribution in [2.75, 3.05) is 19.6 Å². The summed E-state index contributed by atoms with van der Waals surface area (Å²) in [5.74, 6) is 0.890. The average molecular weight is 280 g/mol. The van der Waals surface area contributed by atoms with Crippen LogP contribution in [0, 0.1) is 11.3 Å². The molecule has 2 unspecified atom stereocenters. The van der Waals surface area contributed by atoms with Gasteiger partial charge in [0.1, 0.15) is 0 Å². The fourth-order valence-corrected chi connectivity index (χ4v) is 4.18. The molecular weight excluding hydrogens is 244 g/mol. The summed E-state index contributed by atoms with van der Waals surface area (Å²) in [6.45, 7) is 15.6. The smallest absolute Gasteiger partial charge is 0.00967 e. The summed E-state index contributed by atoms with van der Waals surface area (Å²) in [6, 6.07) is 0.790. The van der Waals surface area contributed by atoms with Gasteiger partial charge in [-0.25, -0.2) is 0 Å². The first-order valence-electron chi connectivity index (χ1n) is 8.79. The van der Waals surface area contributed by atoms with Crippen LogP contribution in [0.2, 0.25) is 0 Å². The van der Waals surface area contributed by atoms with Crippen LogP contribution >= 0.6 is 0 Å². The lowest BCUT2D eigenvalue weighted by molar-refractivity contribution is 0.0904. The van der Waals surface area contributed by atoms with Gasteiger partial charge >= 0.3 is 0 Å². The van der Waals surface area contributed by atoms with Crippen LogP contribution in [0.3, 0.4) is 0 Å². The molecule has 1 aliphatic carbocycles. The van der Waals surface area contributed by atoms with Gasteiger partial charge in [0.05, 0.1) is 0 Å². The summed E-state index contributed by atoms with van der Waals surface area (Å²) in [7, 11) is 0. The van der Waals surface area contributed by atoms with Gasteiger partial charge in [0.15, 0.2) is 0 Å². The molecule has 1 heterocycles. The van der Waals surface area contributed by atoms with E-state index in [0.29, 0.717) is 5.41 Å². The molecule has 2 heteroatoms. The van der Waals surface area contributed by atoms with Crippen molar-refractivity contribution < 1.29 is 0 Å². The Hall–Kier alpha value is -0.0800. The van der Waals surface area contributed by atoms with E-state index < -0.39 is 0 Å². The van der Waals surface area contributed by atoms with Gasteiger partial charge in [0.2, 0.25) is 0 Å². The van der Waals surface area contributed by atoms with Crippen molar-refractivity contribution in [3.05, 3.63) is 0 Å². The first-order chi connectivity index (χ1) is 9.30. The molecule has 0 aromatic heterocycles. The molecule has 2 nitrogen and oxygen atoms in total. The van der Waals surface area contributed by atoms with Crippen LogP contribution in [0.15, 0.2) is 0 Å². The summed E-state index contributed by atoms with van der Waals surface area (Å²) in [5.41, 5.74) is 0.776. The fraction of sp³-hybridized carbons (Fsp3) is 1.00. The number of nitrogens with zero attached hydrogens (tertiary/aromatic N) is 1. The Morgan fingerprint density at radius 2 is 1.75 bits per heavy atom. The Labute approximate surface area is 126 Å². The fourth-order valence-electron chi connectivity index (χ4n) is 4.18. The van der Waals surface area contributed by atoms with E-state index in [1.54, 1.807) is 0 Å². The van der Waals surface area contributed by atoms with Crippen LogP contribution in [0.25, 0.3) is 0 Å². The zero-order valence-electron chi connectivity index (χ0n) is 14.5. The van der Waals surface area contributed by atoms with Crippen molar-refractivity contribution in [1.29, 1.82) is 0 Å². The van der Waals surface area contributed by atoms with E-state index in [9.17, 15) is 0 Å². The Kier molecular flexibility index (Phi) is 5.18. The molecule has 0 bridgehead atoms. The Bertz CT molecular complexity index is 299. The van der Waals surface area contributed by atoms with Crippen LogP contribution in [0.5, 0.6) is 0 Å². The lowest BCUT2D eigenvalue weighted by Crippen LogP contribution is -2.50. The summed E-state index contributed by atoms with van der Waals surface area (Å²) in [6.07, 6.45) is 8.56. The maximum atomic E-state index is 3.81. The number of hydrogen-bond donors (Lipinski definition) is 1. The van der Waals surface area contributed by atoms with Crippen molar-refractivity contribution in [3.63, 3.8) is 0 Å². The van der Waals surface area contributed by atoms with Crippen molar-refractivity contribution in [1.82, 2.24) is 10.2 Å². The quantitative estimate of drug-likeness (QED) is 0.835. The summed E-state index contributed by atoms with van der Waals surface area (Å²) in [5, 5.41) is 3.81. The summed E-state index contributed by atoms with van der Waals surface area (Å²) < 4.78 is 0. The molecule has 2 fully saturated rings. The second-order valence-electron chi connectivity index (χ2n) is 8.78. The van der Waals surface area contributed by atoms with Crippen LogP contribution in [0.1, 0.15) is 73.1 Å². The molecule has 2 rings (SSSR count). The van der Waals surface area contributed by atoms with E-state index in [2.05, 4.69) is 44.8 Å². The predicted molar refractivity (Wildman–Crippen MR) is 88.1 cm³/mol. The van der Waals surface area contributed by atoms with Gasteiger partial charge in [-0.2, -0.15) is 0 Å². The minimum Gasteiger partial charge on any atom is -0.311 e. The van der Waals surface area contributed by atoms with Crippen LogP contribution in [-0.4, -0.2) is 36.1 Å². The molecule has 0 spiro atoms. The molecule has 1 N–H and O–H groups in total. The second kappa shape index (κ2) is 6.36. The summed E-state index contributed by atoms with van der Waals surface area (Å²) >= 11 is 0. The van der Waals surface area contributed by atoms with E-state index >= 15 is 0 Å². The Morgan fingerprint density at radius 3 is 2.25 bits per heavy atom. The Balaban J connectivity index is 1.99. The number of nitrogens with one attached hydrogen (secondary N) is 1. The van der Waals surface area contributed by atoms with Crippen LogP contribution in [0.4, 0.5) is 0 Å². The lowest BCUT2D eigenvalue weighted by atomic mass is 9.73. The highest BCUT2D eigenvalue weighted by Gasteiger charge is 2.38. The van der Waals surface area contributed by atoms with E-state index in [4.69, 9.17) is 0 Å². The maximum Gasteiger partial charge on any atom is 0.00967 e. The maximum absolute atomic E-state index is 3.81. The highest BCUT2D eigenvalue weighted by Crippen LogP contribution is 2.39. The minimum atomic E-state index is 0.244. The molecular formula is C18H36N2. The third-order valence-electron chi connectivity index (χ3n) is 5.36. The van der Waals surface area contributed by atoms with Crippen molar-refractivity contribution in [3.8, 4) is 0 Å². The standard InChI is InChI=1S/C18H36N2/c1-15-11-16(2)20(12-15)14-18(9-7-6-8-10-18)13-19-17(3,4)5/h15-16,19H,6-14H2,1-5H3. The van der Waals surface area contributed by atoms with Crippen molar-refractivity contribution >= 4 is 0 Å². The van der Waals surface area contributed by atoms with Gasteiger partial charge in [-0.1, -0.05) is 26.2 Å². The molecule has 118 valence electrons. The molecule has 2 atom stereocenters. The summed E-state index contributed by atoms with van der Waals surface area (Å²) in [4.78, 5) is 2.78. The zero-order chi connectivity index (χ0) is 14.8. The van der Waals surface area contributed by atoms with Crippen molar-refractivity contribution in [2.24, 2.45) is 11.3 Å². The lowest BCUT2D eigenvalue weighted by Gasteiger charge is -2.43. The third-order valence-corrected chi connectivity index (χ3v) is 5.36. The first-order valence-corrected chi connectivity index (χ1v) is 8.79. The van der Waals surface area contributed by atoms with E-state index in [0.717, 1.165) is 12.0 Å². The molecule has 0 aromatic carbocycles. The van der Waals surface area contributed by atoms with Gasteiger partial charge in [-0.15, -0.1) is 0 Å². The zero-order valence-corrected chi connectivity index (χ0v) is 14.5. The van der Waals surface area contributed by atoms with Gasteiger partial charge in [0, 0.05) is 31.2 Å². The monoisotopic (exact) mass is 280 g/mol. The molecule has 2 aliphatic rings. The predicted octanol–water partition coefficient (Wildman–Crippen LogP) is 4.06. The average Bonchev–Trinajstić information content (AvgIpc) is 2.66. The molecule has 0 aromatic rings. The number of rotatable bonds is 4. The van der Waals surface area contributed by atoms with Crippen LogP contribution in [-0.2, 0) is 0 Å². The Morgan fingerprint density at radius 1 is 1.10 bits per heavy atom. The molecule has 1 aliphatic heterocycles. The van der Waals surface area contributed by atoms with Gasteiger partial charge in [-0.05, 0) is 58.3 Å². The second-order valence-corrected chi connectivity index (χ2v) is 8.78. The number of likely N-dealkylation sites (tertiary alicyclic amines) is 1. The highest BCUT2D eigenvalue weighted by molar-refractivity contribution is 4.93. The molecule has 0 radical (unpaired) electrons. The molecule has 1 saturated carbocycles. The van der Waals surface area contributed by atoms with Gasteiger partial charge in [-0.3, -0.25) is 4.90 Å². The largest absolute Gasteiger partial charge is 0.311 e. The molecule has 0 amide bonds. The highest BCUT2D eigenvalue weighted by atomic mass is 15.2. The topological polar surface area (TPSA) is 15.3 Å². The van der Waals surface area contributed by atoms with E-state index in [-0.39, 0.29) is 5.54 Å². The molecule has 1 saturated heterocycles. The number of hydrogen-bond acceptors (Lipinski definition) is 2. The van der Waals surface area contributed by atoms with Crippen LogP contribution < -0.4 is 5.32 Å². The first kappa shape index (κ1) is 16.3. The van der Waals surface area contributed by atoms with Crippen molar-refractivity contribution in [2.45, 2.75) is 84.7 Å². The SMILES string of the molecule is CC1CC(C)N(CC2(CNC(C)(C)C)CCCCC2)C1. The van der Waals surface area contributed by atoms with E-state index in [1.165, 1.54) is 58.2 Å². The molecule has 20 heavy (non-hydrogen) atoms. The van der Waals surface area contributed by atoms with Gasteiger partial charge < -0.3 is 5.32 Å². The van der Waals surface area contributed by atoms with E-state index in [1.807, 2.05) is 0 Å². The normalized spacial score (nSPS) is 31.6. The van der Waals surface area contributed by atoms with Gasteiger partial charge in [0.25, 0.3) is 0 Å². The minimum absolute atomic E-state index is 0.244. The third kappa shape index (κ3) is 4.46.